The molecular weight excluding hydrogens is 284 g/mol. The van der Waals surface area contributed by atoms with Crippen molar-refractivity contribution in [3.8, 4) is 0 Å². The lowest BCUT2D eigenvalue weighted by atomic mass is 10.1. The number of hydrogen-bond acceptors (Lipinski definition) is 2. The lowest BCUT2D eigenvalue weighted by Gasteiger charge is -2.17. The van der Waals surface area contributed by atoms with E-state index in [2.05, 4.69) is 28.8 Å². The molecule has 3 aromatic carbocycles. The quantitative estimate of drug-likeness (QED) is 0.740. The highest BCUT2D eigenvalue weighted by atomic mass is 16.2. The standard InChI is InChI=1S/C20H20N2O/c1-14-7-5-10-17(13-14)22-20(23)15(2)21-19-12-6-9-16-8-3-4-11-18(16)19/h3-13,15,21H,1-2H3,(H,22,23)/t15-/m1/s1. The summed E-state index contributed by atoms with van der Waals surface area (Å²) in [7, 11) is 0. The molecule has 0 saturated heterocycles. The van der Waals surface area contributed by atoms with Crippen molar-refractivity contribution in [2.45, 2.75) is 19.9 Å². The number of aryl methyl sites for hydroxylation is 1. The number of hydrogen-bond donors (Lipinski definition) is 2. The van der Waals surface area contributed by atoms with Crippen molar-refractivity contribution in [2.75, 3.05) is 10.6 Å². The molecule has 0 radical (unpaired) electrons. The van der Waals surface area contributed by atoms with E-state index in [-0.39, 0.29) is 11.9 Å². The Balaban J connectivity index is 1.75. The summed E-state index contributed by atoms with van der Waals surface area (Å²) in [6.45, 7) is 3.88. The molecule has 2 N–H and O–H groups in total. The van der Waals surface area contributed by atoms with E-state index in [0.717, 1.165) is 27.7 Å². The fraction of sp³-hybridized carbons (Fsp3) is 0.150. The van der Waals surface area contributed by atoms with Gasteiger partial charge in [0.05, 0.1) is 0 Å². The van der Waals surface area contributed by atoms with E-state index < -0.39 is 0 Å². The SMILES string of the molecule is Cc1cccc(NC(=O)[C@@H](C)Nc2cccc3ccccc23)c1. The van der Waals surface area contributed by atoms with Gasteiger partial charge < -0.3 is 10.6 Å². The van der Waals surface area contributed by atoms with E-state index in [1.165, 1.54) is 0 Å². The number of rotatable bonds is 4. The molecule has 0 bridgehead atoms. The van der Waals surface area contributed by atoms with Gasteiger partial charge in [0.1, 0.15) is 6.04 Å². The maximum Gasteiger partial charge on any atom is 0.246 e. The third-order valence-electron chi connectivity index (χ3n) is 3.84. The number of nitrogens with one attached hydrogen (secondary N) is 2. The van der Waals surface area contributed by atoms with Gasteiger partial charge in [0.2, 0.25) is 5.91 Å². The monoisotopic (exact) mass is 304 g/mol. The van der Waals surface area contributed by atoms with Crippen LogP contribution < -0.4 is 10.6 Å². The fourth-order valence-corrected chi connectivity index (χ4v) is 2.62. The average molecular weight is 304 g/mol. The zero-order chi connectivity index (χ0) is 16.2. The number of carbonyl (C=O) groups excluding carboxylic acids is 1. The lowest BCUT2D eigenvalue weighted by Crippen LogP contribution is -2.31. The van der Waals surface area contributed by atoms with Crippen molar-refractivity contribution in [2.24, 2.45) is 0 Å². The van der Waals surface area contributed by atoms with Crippen molar-refractivity contribution in [3.63, 3.8) is 0 Å². The molecular formula is C20H20N2O. The topological polar surface area (TPSA) is 41.1 Å². The van der Waals surface area contributed by atoms with Crippen molar-refractivity contribution in [1.29, 1.82) is 0 Å². The predicted octanol–water partition coefficient (Wildman–Crippen LogP) is 4.59. The molecule has 0 aliphatic carbocycles. The van der Waals surface area contributed by atoms with Crippen LogP contribution in [0.25, 0.3) is 10.8 Å². The normalized spacial score (nSPS) is 11.9. The number of fused-ring (bicyclic) bond motifs is 1. The second-order valence-electron chi connectivity index (χ2n) is 5.75. The molecule has 0 saturated carbocycles. The van der Waals surface area contributed by atoms with Gasteiger partial charge in [-0.15, -0.1) is 0 Å². The van der Waals surface area contributed by atoms with Gasteiger partial charge in [-0.2, -0.15) is 0 Å². The predicted molar refractivity (Wildman–Crippen MR) is 96.8 cm³/mol. The molecule has 3 nitrogen and oxygen atoms in total. The number of carbonyl (C=O) groups is 1. The molecule has 0 aromatic heterocycles. The van der Waals surface area contributed by atoms with E-state index in [1.807, 2.05) is 62.4 Å². The molecule has 0 fully saturated rings. The summed E-state index contributed by atoms with van der Waals surface area (Å²) in [6.07, 6.45) is 0. The molecule has 1 amide bonds. The fourth-order valence-electron chi connectivity index (χ4n) is 2.62. The third kappa shape index (κ3) is 3.51. The summed E-state index contributed by atoms with van der Waals surface area (Å²) < 4.78 is 0. The minimum atomic E-state index is -0.332. The highest BCUT2D eigenvalue weighted by Crippen LogP contribution is 2.23. The largest absolute Gasteiger partial charge is 0.373 e. The van der Waals surface area contributed by atoms with Gasteiger partial charge >= 0.3 is 0 Å². The van der Waals surface area contributed by atoms with Crippen LogP contribution in [-0.2, 0) is 4.79 Å². The van der Waals surface area contributed by atoms with Gasteiger partial charge in [-0.1, -0.05) is 48.5 Å². The van der Waals surface area contributed by atoms with Gasteiger partial charge in [-0.3, -0.25) is 4.79 Å². The van der Waals surface area contributed by atoms with Crippen molar-refractivity contribution in [3.05, 3.63) is 72.3 Å². The smallest absolute Gasteiger partial charge is 0.246 e. The summed E-state index contributed by atoms with van der Waals surface area (Å²) in [5, 5.41) is 8.53. The van der Waals surface area contributed by atoms with Gasteiger partial charge in [-0.25, -0.2) is 0 Å². The number of amides is 1. The molecule has 0 heterocycles. The Labute approximate surface area is 136 Å². The van der Waals surface area contributed by atoms with Crippen LogP contribution in [0.1, 0.15) is 12.5 Å². The molecule has 3 rings (SSSR count). The summed E-state index contributed by atoms with van der Waals surface area (Å²) in [5.74, 6) is -0.0523. The maximum absolute atomic E-state index is 12.4. The molecule has 0 spiro atoms. The minimum absolute atomic E-state index is 0.0523. The first-order valence-corrected chi connectivity index (χ1v) is 7.75. The van der Waals surface area contributed by atoms with Crippen LogP contribution in [0, 0.1) is 6.92 Å². The van der Waals surface area contributed by atoms with Crippen LogP contribution in [0.15, 0.2) is 66.7 Å². The summed E-state index contributed by atoms with van der Waals surface area (Å²) in [6, 6.07) is 21.7. The minimum Gasteiger partial charge on any atom is -0.373 e. The van der Waals surface area contributed by atoms with Crippen molar-refractivity contribution >= 4 is 28.1 Å². The van der Waals surface area contributed by atoms with Crippen LogP contribution in [0.2, 0.25) is 0 Å². The maximum atomic E-state index is 12.4. The lowest BCUT2D eigenvalue weighted by molar-refractivity contribution is -0.116. The number of benzene rings is 3. The molecule has 0 unspecified atom stereocenters. The van der Waals surface area contributed by atoms with Crippen molar-refractivity contribution in [1.82, 2.24) is 0 Å². The van der Waals surface area contributed by atoms with Crippen LogP contribution in [0.3, 0.4) is 0 Å². The molecule has 0 aliphatic rings. The van der Waals surface area contributed by atoms with Crippen molar-refractivity contribution < 1.29 is 4.79 Å². The Kier molecular flexibility index (Phi) is 4.29. The van der Waals surface area contributed by atoms with E-state index in [0.29, 0.717) is 0 Å². The van der Waals surface area contributed by atoms with E-state index in [9.17, 15) is 4.79 Å². The first-order chi connectivity index (χ1) is 11.1. The molecule has 0 aliphatic heterocycles. The zero-order valence-electron chi connectivity index (χ0n) is 13.3. The Morgan fingerprint density at radius 2 is 1.70 bits per heavy atom. The first-order valence-electron chi connectivity index (χ1n) is 7.75. The highest BCUT2D eigenvalue weighted by Gasteiger charge is 2.13. The number of anilines is 2. The second-order valence-corrected chi connectivity index (χ2v) is 5.75. The molecule has 116 valence electrons. The molecule has 23 heavy (non-hydrogen) atoms. The Bertz CT molecular complexity index is 836. The van der Waals surface area contributed by atoms with Crippen LogP contribution >= 0.6 is 0 Å². The van der Waals surface area contributed by atoms with Crippen LogP contribution in [0.5, 0.6) is 0 Å². The highest BCUT2D eigenvalue weighted by molar-refractivity contribution is 5.99. The second kappa shape index (κ2) is 6.53. The zero-order valence-corrected chi connectivity index (χ0v) is 13.3. The van der Waals surface area contributed by atoms with Gasteiger partial charge in [0, 0.05) is 16.8 Å². The summed E-state index contributed by atoms with van der Waals surface area (Å²) in [5.41, 5.74) is 2.91. The van der Waals surface area contributed by atoms with Gasteiger partial charge in [0.15, 0.2) is 0 Å². The van der Waals surface area contributed by atoms with Gasteiger partial charge in [0.25, 0.3) is 0 Å². The average Bonchev–Trinajstić information content (AvgIpc) is 2.55. The Morgan fingerprint density at radius 3 is 2.52 bits per heavy atom. The molecule has 1 atom stereocenters. The first kappa shape index (κ1) is 15.1. The Morgan fingerprint density at radius 1 is 0.957 bits per heavy atom. The summed E-state index contributed by atoms with van der Waals surface area (Å²) in [4.78, 5) is 12.4. The van der Waals surface area contributed by atoms with Crippen LogP contribution in [0.4, 0.5) is 11.4 Å². The van der Waals surface area contributed by atoms with Gasteiger partial charge in [-0.05, 0) is 43.0 Å². The Hall–Kier alpha value is -2.81. The molecule has 3 heteroatoms. The third-order valence-corrected chi connectivity index (χ3v) is 3.84. The van der Waals surface area contributed by atoms with E-state index >= 15 is 0 Å². The summed E-state index contributed by atoms with van der Waals surface area (Å²) >= 11 is 0. The van der Waals surface area contributed by atoms with E-state index in [4.69, 9.17) is 0 Å². The van der Waals surface area contributed by atoms with Crippen LogP contribution in [-0.4, -0.2) is 11.9 Å². The molecule has 3 aromatic rings. The van der Waals surface area contributed by atoms with E-state index in [1.54, 1.807) is 0 Å².